The number of hydrogen-bond acceptors (Lipinski definition) is 5. The van der Waals surface area contributed by atoms with E-state index in [1.165, 1.54) is 16.7 Å². The zero-order valence-electron chi connectivity index (χ0n) is 19.7. The normalized spacial score (nSPS) is 16.3. The molecular formula is C25H41N3O2S. The van der Waals surface area contributed by atoms with Crippen molar-refractivity contribution in [3.63, 3.8) is 0 Å². The summed E-state index contributed by atoms with van der Waals surface area (Å²) >= 11 is 1.71. The second kappa shape index (κ2) is 13.5. The van der Waals surface area contributed by atoms with Crippen LogP contribution in [0.5, 0.6) is 0 Å². The molecule has 1 unspecified atom stereocenters. The Bertz CT molecular complexity index is 729. The van der Waals surface area contributed by atoms with Gasteiger partial charge in [0.1, 0.15) is 5.76 Å². The number of nitrogens with one attached hydrogen (secondary N) is 2. The van der Waals surface area contributed by atoms with Crippen LogP contribution in [0.3, 0.4) is 0 Å². The van der Waals surface area contributed by atoms with Crippen molar-refractivity contribution < 1.29 is 9.90 Å². The van der Waals surface area contributed by atoms with Gasteiger partial charge in [0.05, 0.1) is 11.5 Å². The van der Waals surface area contributed by atoms with Crippen molar-refractivity contribution in [2.45, 2.75) is 72.3 Å². The Balaban J connectivity index is 2.38. The number of carbonyl (C=O) groups excluding carboxylic acids is 1. The first kappa shape index (κ1) is 27.1. The minimum Gasteiger partial charge on any atom is -0.511 e. The molecule has 0 aromatic heterocycles. The van der Waals surface area contributed by atoms with E-state index in [0.717, 1.165) is 31.4 Å². The number of nitrogens with two attached hydrogens (primary N) is 1. The molecule has 1 atom stereocenters. The third kappa shape index (κ3) is 9.83. The van der Waals surface area contributed by atoms with Gasteiger partial charge in [-0.05, 0) is 66.2 Å². The Kier molecular flexibility index (Phi) is 11.8. The number of allylic oxidation sites excluding steroid dienone is 5. The van der Waals surface area contributed by atoms with Gasteiger partial charge in [-0.2, -0.15) is 11.8 Å². The first-order valence-electron chi connectivity index (χ1n) is 11.0. The average molecular weight is 448 g/mol. The van der Waals surface area contributed by atoms with Gasteiger partial charge in [-0.1, -0.05) is 48.1 Å². The molecule has 1 saturated carbocycles. The van der Waals surface area contributed by atoms with Gasteiger partial charge in [0, 0.05) is 17.2 Å². The molecule has 1 amide bonds. The van der Waals surface area contributed by atoms with E-state index in [-0.39, 0.29) is 17.7 Å². The van der Waals surface area contributed by atoms with Crippen LogP contribution in [0, 0.1) is 5.41 Å². The van der Waals surface area contributed by atoms with Gasteiger partial charge in [-0.15, -0.1) is 0 Å². The highest BCUT2D eigenvalue weighted by Gasteiger charge is 2.52. The molecule has 0 aliphatic heterocycles. The van der Waals surface area contributed by atoms with Crippen LogP contribution in [0.1, 0.15) is 66.2 Å². The van der Waals surface area contributed by atoms with E-state index in [4.69, 9.17) is 5.84 Å². The Hall–Kier alpha value is -1.92. The van der Waals surface area contributed by atoms with Crippen molar-refractivity contribution in [2.24, 2.45) is 11.3 Å². The summed E-state index contributed by atoms with van der Waals surface area (Å²) in [5.41, 5.74) is 6.35. The Morgan fingerprint density at radius 3 is 2.19 bits per heavy atom. The monoisotopic (exact) mass is 447 g/mol. The maximum absolute atomic E-state index is 12.0. The van der Waals surface area contributed by atoms with Gasteiger partial charge >= 0.3 is 0 Å². The number of amides is 1. The van der Waals surface area contributed by atoms with Crippen LogP contribution in [-0.4, -0.2) is 28.6 Å². The highest BCUT2D eigenvalue weighted by atomic mass is 32.2. The SMILES string of the molecule is C=C(O)C(CSC/C=C(\C)CC/C=C(\C)CCC=C(C)C)NC(=C)C1(C(=O)NN)CC1. The zero-order chi connectivity index (χ0) is 23.4. The fourth-order valence-corrected chi connectivity index (χ4v) is 4.27. The lowest BCUT2D eigenvalue weighted by Gasteiger charge is -2.24. The van der Waals surface area contributed by atoms with Crippen molar-refractivity contribution in [1.29, 1.82) is 0 Å². The van der Waals surface area contributed by atoms with Crippen LogP contribution >= 0.6 is 11.8 Å². The summed E-state index contributed by atoms with van der Waals surface area (Å²) in [6.45, 7) is 16.3. The molecule has 0 aromatic rings. The molecule has 5 nitrogen and oxygen atoms in total. The van der Waals surface area contributed by atoms with E-state index in [2.05, 4.69) is 69.8 Å². The molecule has 0 heterocycles. The van der Waals surface area contributed by atoms with Crippen LogP contribution < -0.4 is 16.6 Å². The summed E-state index contributed by atoms with van der Waals surface area (Å²) in [4.78, 5) is 12.0. The third-order valence-electron chi connectivity index (χ3n) is 5.60. The molecule has 1 fully saturated rings. The summed E-state index contributed by atoms with van der Waals surface area (Å²) in [5.74, 6) is 6.60. The number of hydrazine groups is 1. The topological polar surface area (TPSA) is 87.4 Å². The van der Waals surface area contributed by atoms with E-state index < -0.39 is 5.41 Å². The standard InChI is InChI=1S/C25H41N3O2S/c1-18(2)9-7-10-19(3)11-8-12-20(4)13-16-31-17-23(21(5)29)27-22(6)25(14-15-25)24(30)28-26/h9,11,13,23,27,29H,5-8,10,12,14-17,26H2,1-4H3,(H,28,30)/b19-11+,20-13+. The molecule has 1 rings (SSSR count). The highest BCUT2D eigenvalue weighted by molar-refractivity contribution is 7.99. The second-order valence-corrected chi connectivity index (χ2v) is 9.79. The molecular weight excluding hydrogens is 406 g/mol. The molecule has 174 valence electrons. The van der Waals surface area contributed by atoms with Gasteiger partial charge < -0.3 is 10.4 Å². The minimum absolute atomic E-state index is 0.0482. The van der Waals surface area contributed by atoms with Crippen LogP contribution in [-0.2, 0) is 4.79 Å². The van der Waals surface area contributed by atoms with Gasteiger partial charge in [0.15, 0.2) is 0 Å². The van der Waals surface area contributed by atoms with Crippen LogP contribution in [0.15, 0.2) is 59.6 Å². The summed E-state index contributed by atoms with van der Waals surface area (Å²) in [6, 6.07) is -0.347. The first-order valence-corrected chi connectivity index (χ1v) is 12.1. The number of rotatable bonds is 15. The lowest BCUT2D eigenvalue weighted by Crippen LogP contribution is -2.43. The molecule has 1 aliphatic carbocycles. The van der Waals surface area contributed by atoms with Crippen molar-refractivity contribution in [3.05, 3.63) is 59.6 Å². The molecule has 0 radical (unpaired) electrons. The largest absolute Gasteiger partial charge is 0.511 e. The lowest BCUT2D eigenvalue weighted by molar-refractivity contribution is -0.125. The molecule has 6 heteroatoms. The highest BCUT2D eigenvalue weighted by Crippen LogP contribution is 2.50. The van der Waals surface area contributed by atoms with Crippen LogP contribution in [0.25, 0.3) is 0 Å². The molecule has 0 spiro atoms. The van der Waals surface area contributed by atoms with E-state index in [0.29, 0.717) is 24.3 Å². The van der Waals surface area contributed by atoms with E-state index in [9.17, 15) is 9.90 Å². The molecule has 0 aromatic carbocycles. The molecule has 31 heavy (non-hydrogen) atoms. The smallest absolute Gasteiger partial charge is 0.246 e. The van der Waals surface area contributed by atoms with Crippen molar-refractivity contribution in [1.82, 2.24) is 10.7 Å². The van der Waals surface area contributed by atoms with Gasteiger partial charge in [0.25, 0.3) is 0 Å². The summed E-state index contributed by atoms with van der Waals surface area (Å²) < 4.78 is 0. The van der Waals surface area contributed by atoms with Gasteiger partial charge in [0.2, 0.25) is 5.91 Å². The third-order valence-corrected chi connectivity index (χ3v) is 6.57. The van der Waals surface area contributed by atoms with Gasteiger partial charge in [-0.3, -0.25) is 10.2 Å². The number of thioether (sulfide) groups is 1. The lowest BCUT2D eigenvalue weighted by atomic mass is 10.0. The van der Waals surface area contributed by atoms with Crippen molar-refractivity contribution in [3.8, 4) is 0 Å². The Morgan fingerprint density at radius 1 is 1.10 bits per heavy atom. The molecule has 0 bridgehead atoms. The van der Waals surface area contributed by atoms with Crippen molar-refractivity contribution >= 4 is 17.7 Å². The number of aliphatic hydroxyl groups excluding tert-OH is 1. The minimum atomic E-state index is -0.652. The summed E-state index contributed by atoms with van der Waals surface area (Å²) in [5, 5.41) is 13.1. The van der Waals surface area contributed by atoms with E-state index >= 15 is 0 Å². The quantitative estimate of drug-likeness (QED) is 0.0669. The van der Waals surface area contributed by atoms with Gasteiger partial charge in [-0.25, -0.2) is 5.84 Å². The predicted octanol–water partition coefficient (Wildman–Crippen LogP) is 5.45. The Morgan fingerprint density at radius 2 is 1.68 bits per heavy atom. The summed E-state index contributed by atoms with van der Waals surface area (Å²) in [7, 11) is 0. The van der Waals surface area contributed by atoms with Crippen LogP contribution in [0.4, 0.5) is 0 Å². The molecule has 5 N–H and O–H groups in total. The molecule has 0 saturated heterocycles. The average Bonchev–Trinajstić information content (AvgIpc) is 3.51. The van der Waals surface area contributed by atoms with E-state index in [1.807, 2.05) is 0 Å². The van der Waals surface area contributed by atoms with Crippen LogP contribution in [0.2, 0.25) is 0 Å². The van der Waals surface area contributed by atoms with E-state index in [1.54, 1.807) is 11.8 Å². The summed E-state index contributed by atoms with van der Waals surface area (Å²) in [6.07, 6.45) is 12.7. The Labute approximate surface area is 193 Å². The van der Waals surface area contributed by atoms with Crippen molar-refractivity contribution in [2.75, 3.05) is 11.5 Å². The number of carbonyl (C=O) groups is 1. The second-order valence-electron chi connectivity index (χ2n) is 8.72. The fraction of sp³-hybridized carbons (Fsp3) is 0.560. The number of aliphatic hydroxyl groups is 1. The zero-order valence-corrected chi connectivity index (χ0v) is 20.5. The maximum atomic E-state index is 12.0. The fourth-order valence-electron chi connectivity index (χ4n) is 3.22. The molecule has 1 aliphatic rings. The number of hydrogen-bond donors (Lipinski definition) is 4. The first-order chi connectivity index (χ1) is 14.6. The predicted molar refractivity (Wildman–Crippen MR) is 135 cm³/mol. The maximum Gasteiger partial charge on any atom is 0.246 e.